The molecule has 1 aromatic carbocycles. The van der Waals surface area contributed by atoms with Crippen molar-refractivity contribution in [3.8, 4) is 5.75 Å². The fourth-order valence-electron chi connectivity index (χ4n) is 4.07. The molecule has 2 heterocycles. The maximum atomic E-state index is 12.7. The van der Waals surface area contributed by atoms with Gasteiger partial charge in [0.1, 0.15) is 5.75 Å². The molecule has 1 N–H and O–H groups in total. The molecule has 1 saturated heterocycles. The number of likely N-dealkylation sites (tertiary alicyclic amines) is 1. The molecule has 1 aliphatic heterocycles. The van der Waals surface area contributed by atoms with Crippen LogP contribution >= 0.6 is 0 Å². The summed E-state index contributed by atoms with van der Waals surface area (Å²) in [7, 11) is 3.62. The molecule has 0 bridgehead atoms. The molecule has 2 aromatic rings. The van der Waals surface area contributed by atoms with E-state index in [-0.39, 0.29) is 12.1 Å². The molecular formula is C19H24N4O2. The van der Waals surface area contributed by atoms with Crippen LogP contribution in [0.5, 0.6) is 5.75 Å². The van der Waals surface area contributed by atoms with E-state index in [2.05, 4.69) is 16.5 Å². The van der Waals surface area contributed by atoms with Gasteiger partial charge < -0.3 is 15.0 Å². The van der Waals surface area contributed by atoms with Gasteiger partial charge in [0.2, 0.25) is 0 Å². The van der Waals surface area contributed by atoms with Gasteiger partial charge in [0.25, 0.3) is 0 Å². The van der Waals surface area contributed by atoms with Gasteiger partial charge >= 0.3 is 6.03 Å². The molecular weight excluding hydrogens is 316 g/mol. The number of carbonyl (C=O) groups excluding carboxylic acids is 1. The Morgan fingerprint density at radius 3 is 3.00 bits per heavy atom. The average Bonchev–Trinajstić information content (AvgIpc) is 3.34. The predicted molar refractivity (Wildman–Crippen MR) is 94.7 cm³/mol. The lowest BCUT2D eigenvalue weighted by molar-refractivity contribution is 0.204. The quantitative estimate of drug-likeness (QED) is 0.934. The zero-order chi connectivity index (χ0) is 17.4. The maximum Gasteiger partial charge on any atom is 0.317 e. The first-order chi connectivity index (χ1) is 12.2. The molecule has 6 nitrogen and oxygen atoms in total. The number of nitrogens with one attached hydrogen (secondary N) is 1. The number of benzene rings is 1. The number of aryl methyl sites for hydroxylation is 1. The van der Waals surface area contributed by atoms with E-state index in [0.29, 0.717) is 5.92 Å². The first-order valence-electron chi connectivity index (χ1n) is 8.85. The van der Waals surface area contributed by atoms with Crippen LogP contribution in [0.4, 0.5) is 4.79 Å². The average molecular weight is 340 g/mol. The Morgan fingerprint density at radius 1 is 1.36 bits per heavy atom. The van der Waals surface area contributed by atoms with Crippen LogP contribution in [0.25, 0.3) is 0 Å². The van der Waals surface area contributed by atoms with Gasteiger partial charge in [-0.2, -0.15) is 5.10 Å². The maximum absolute atomic E-state index is 12.7. The monoisotopic (exact) mass is 340 g/mol. The van der Waals surface area contributed by atoms with Gasteiger partial charge in [0.05, 0.1) is 19.3 Å². The topological polar surface area (TPSA) is 59.4 Å². The molecule has 4 rings (SSSR count). The van der Waals surface area contributed by atoms with Crippen molar-refractivity contribution in [2.45, 2.75) is 31.2 Å². The molecule has 132 valence electrons. The molecule has 2 amide bonds. The van der Waals surface area contributed by atoms with Crippen LogP contribution < -0.4 is 10.1 Å². The summed E-state index contributed by atoms with van der Waals surface area (Å²) in [6.07, 6.45) is 6.83. The third-order valence-corrected chi connectivity index (χ3v) is 5.42. The molecule has 1 aliphatic carbocycles. The fourth-order valence-corrected chi connectivity index (χ4v) is 4.07. The van der Waals surface area contributed by atoms with Crippen LogP contribution in [0, 0.1) is 0 Å². The lowest BCUT2D eigenvalue weighted by Crippen LogP contribution is -2.39. The largest absolute Gasteiger partial charge is 0.496 e. The molecule has 2 aliphatic rings. The normalized spacial score (nSPS) is 22.1. The van der Waals surface area contributed by atoms with E-state index in [1.54, 1.807) is 7.11 Å². The van der Waals surface area contributed by atoms with Crippen molar-refractivity contribution in [1.82, 2.24) is 20.0 Å². The van der Waals surface area contributed by atoms with E-state index in [1.807, 2.05) is 41.2 Å². The molecule has 2 unspecified atom stereocenters. The van der Waals surface area contributed by atoms with Crippen LogP contribution in [0.3, 0.4) is 0 Å². The van der Waals surface area contributed by atoms with Crippen LogP contribution in [0.2, 0.25) is 0 Å². The summed E-state index contributed by atoms with van der Waals surface area (Å²) in [4.78, 5) is 14.6. The highest BCUT2D eigenvalue weighted by atomic mass is 16.5. The standard InChI is InChI=1S/C19H24N4O2/c1-22-11-14(10-20-22)13-8-9-23(12-13)19(24)21-17-7-6-16-15(17)4-3-5-18(16)25-2/h3-5,10-11,13,17H,6-9,12H2,1-2H3,(H,21,24). The summed E-state index contributed by atoms with van der Waals surface area (Å²) in [6.45, 7) is 1.55. The van der Waals surface area contributed by atoms with Crippen molar-refractivity contribution >= 4 is 6.03 Å². The number of rotatable bonds is 3. The van der Waals surface area contributed by atoms with E-state index in [0.717, 1.165) is 38.1 Å². The zero-order valence-corrected chi connectivity index (χ0v) is 14.7. The zero-order valence-electron chi connectivity index (χ0n) is 14.7. The summed E-state index contributed by atoms with van der Waals surface area (Å²) in [5.41, 5.74) is 3.63. The Hall–Kier alpha value is -2.50. The van der Waals surface area contributed by atoms with Crippen LogP contribution in [0.1, 0.15) is 41.5 Å². The lowest BCUT2D eigenvalue weighted by atomic mass is 10.0. The second kappa shape index (κ2) is 6.43. The molecule has 0 radical (unpaired) electrons. The van der Waals surface area contributed by atoms with Gasteiger partial charge in [-0.15, -0.1) is 0 Å². The number of nitrogens with zero attached hydrogens (tertiary/aromatic N) is 3. The smallest absolute Gasteiger partial charge is 0.317 e. The number of ether oxygens (including phenoxy) is 1. The van der Waals surface area contributed by atoms with E-state index in [1.165, 1.54) is 16.7 Å². The SMILES string of the molecule is COc1cccc2c1CCC2NC(=O)N1CCC(c2cnn(C)c2)C1. The minimum atomic E-state index is 0.0343. The Bertz CT molecular complexity index is 785. The summed E-state index contributed by atoms with van der Waals surface area (Å²) in [6, 6.07) is 6.19. The van der Waals surface area contributed by atoms with E-state index in [9.17, 15) is 4.79 Å². The molecule has 0 saturated carbocycles. The molecule has 6 heteroatoms. The summed E-state index contributed by atoms with van der Waals surface area (Å²) >= 11 is 0. The van der Waals surface area contributed by atoms with Gasteiger partial charge in [-0.3, -0.25) is 4.68 Å². The van der Waals surface area contributed by atoms with Crippen LogP contribution in [-0.2, 0) is 13.5 Å². The van der Waals surface area contributed by atoms with Crippen LogP contribution in [-0.4, -0.2) is 40.9 Å². The Labute approximate surface area is 147 Å². The number of urea groups is 1. The molecule has 2 atom stereocenters. The van der Waals surface area contributed by atoms with Gasteiger partial charge in [-0.1, -0.05) is 12.1 Å². The molecule has 1 aromatic heterocycles. The molecule has 25 heavy (non-hydrogen) atoms. The number of amides is 2. The lowest BCUT2D eigenvalue weighted by Gasteiger charge is -2.21. The summed E-state index contributed by atoms with van der Waals surface area (Å²) in [5, 5.41) is 7.46. The first-order valence-corrected chi connectivity index (χ1v) is 8.85. The summed E-state index contributed by atoms with van der Waals surface area (Å²) in [5.74, 6) is 1.31. The fraction of sp³-hybridized carbons (Fsp3) is 0.474. The number of hydrogen-bond acceptors (Lipinski definition) is 3. The van der Waals surface area contributed by atoms with Crippen molar-refractivity contribution in [3.05, 3.63) is 47.3 Å². The number of aromatic nitrogens is 2. The number of fused-ring (bicyclic) bond motifs is 1. The van der Waals surface area contributed by atoms with Crippen molar-refractivity contribution < 1.29 is 9.53 Å². The second-order valence-electron chi connectivity index (χ2n) is 6.95. The van der Waals surface area contributed by atoms with Gasteiger partial charge in [0.15, 0.2) is 0 Å². The Balaban J connectivity index is 1.41. The summed E-state index contributed by atoms with van der Waals surface area (Å²) < 4.78 is 7.26. The highest BCUT2D eigenvalue weighted by Gasteiger charge is 2.31. The van der Waals surface area contributed by atoms with Crippen LogP contribution in [0.15, 0.2) is 30.6 Å². The highest BCUT2D eigenvalue weighted by Crippen LogP contribution is 2.37. The van der Waals surface area contributed by atoms with Gasteiger partial charge in [-0.05, 0) is 42.0 Å². The molecule has 0 spiro atoms. The van der Waals surface area contributed by atoms with Crippen molar-refractivity contribution in [2.24, 2.45) is 7.05 Å². The molecule has 1 fully saturated rings. The predicted octanol–water partition coefficient (Wildman–Crippen LogP) is 2.62. The van der Waals surface area contributed by atoms with Crippen molar-refractivity contribution in [1.29, 1.82) is 0 Å². The second-order valence-corrected chi connectivity index (χ2v) is 6.95. The van der Waals surface area contributed by atoms with E-state index >= 15 is 0 Å². The first kappa shape index (κ1) is 16.0. The van der Waals surface area contributed by atoms with Gasteiger partial charge in [-0.25, -0.2) is 4.79 Å². The Morgan fingerprint density at radius 2 is 2.24 bits per heavy atom. The minimum absolute atomic E-state index is 0.0343. The van der Waals surface area contributed by atoms with Crippen molar-refractivity contribution in [2.75, 3.05) is 20.2 Å². The number of methoxy groups -OCH3 is 1. The van der Waals surface area contributed by atoms with Gasteiger partial charge in [0, 0.05) is 32.3 Å². The minimum Gasteiger partial charge on any atom is -0.496 e. The van der Waals surface area contributed by atoms with Crippen molar-refractivity contribution in [3.63, 3.8) is 0 Å². The third kappa shape index (κ3) is 2.97. The Kier molecular flexibility index (Phi) is 4.11. The van der Waals surface area contributed by atoms with E-state index < -0.39 is 0 Å². The number of hydrogen-bond donors (Lipinski definition) is 1. The third-order valence-electron chi connectivity index (χ3n) is 5.42. The van der Waals surface area contributed by atoms with E-state index in [4.69, 9.17) is 4.74 Å². The highest BCUT2D eigenvalue weighted by molar-refractivity contribution is 5.75. The number of carbonyl (C=O) groups is 1.